The molecule has 2 amide bonds. The van der Waals surface area contributed by atoms with Crippen molar-refractivity contribution in [1.82, 2.24) is 19.7 Å². The quantitative estimate of drug-likeness (QED) is 0.824. The minimum atomic E-state index is -0.105. The van der Waals surface area contributed by atoms with Gasteiger partial charge in [-0.2, -0.15) is 10.2 Å². The van der Waals surface area contributed by atoms with Gasteiger partial charge in [-0.25, -0.2) is 5.01 Å². The summed E-state index contributed by atoms with van der Waals surface area (Å²) in [6, 6.07) is -0.0747. The molecule has 23 heavy (non-hydrogen) atoms. The zero-order chi connectivity index (χ0) is 16.7. The number of aromatic nitrogens is 2. The molecule has 0 spiro atoms. The van der Waals surface area contributed by atoms with Crippen molar-refractivity contribution in [1.29, 1.82) is 0 Å². The summed E-state index contributed by atoms with van der Waals surface area (Å²) < 4.78 is 1.64. The fraction of sp³-hybridized carbons (Fsp3) is 0.600. The molecule has 0 aliphatic carbocycles. The third-order valence-corrected chi connectivity index (χ3v) is 4.95. The predicted molar refractivity (Wildman–Crippen MR) is 86.1 cm³/mol. The van der Waals surface area contributed by atoms with E-state index in [1.165, 1.54) is 5.01 Å². The van der Waals surface area contributed by atoms with Crippen LogP contribution in [0, 0.1) is 6.92 Å². The van der Waals surface area contributed by atoms with E-state index in [1.807, 2.05) is 11.8 Å². The highest BCUT2D eigenvalue weighted by atomic mass is 35.5. The smallest absolute Gasteiger partial charge is 0.270 e. The van der Waals surface area contributed by atoms with E-state index in [4.69, 9.17) is 11.6 Å². The molecule has 124 valence electrons. The number of hydrogen-bond acceptors (Lipinski definition) is 4. The summed E-state index contributed by atoms with van der Waals surface area (Å²) in [5, 5.41) is 10.3. The Bertz CT molecular complexity index is 696. The number of hydrogen-bond donors (Lipinski definition) is 0. The van der Waals surface area contributed by atoms with Gasteiger partial charge in [0.2, 0.25) is 5.91 Å². The van der Waals surface area contributed by atoms with Crippen molar-refractivity contribution in [2.24, 2.45) is 12.1 Å². The second kappa shape index (κ2) is 5.96. The Balaban J connectivity index is 1.89. The summed E-state index contributed by atoms with van der Waals surface area (Å²) >= 11 is 6.37. The number of nitrogens with zero attached hydrogens (tertiary/aromatic N) is 5. The summed E-state index contributed by atoms with van der Waals surface area (Å²) in [5.41, 5.74) is 2.21. The van der Waals surface area contributed by atoms with E-state index in [0.717, 1.165) is 24.1 Å². The summed E-state index contributed by atoms with van der Waals surface area (Å²) in [4.78, 5) is 26.2. The number of carbonyl (C=O) groups excluding carboxylic acids is 2. The minimum absolute atomic E-state index is 0.0642. The Morgan fingerprint density at radius 2 is 2.04 bits per heavy atom. The molecule has 0 saturated carbocycles. The van der Waals surface area contributed by atoms with Crippen molar-refractivity contribution >= 4 is 29.1 Å². The third-order valence-electron chi connectivity index (χ3n) is 4.50. The van der Waals surface area contributed by atoms with Crippen LogP contribution in [-0.4, -0.2) is 50.8 Å². The zero-order valence-corrected chi connectivity index (χ0v) is 14.3. The van der Waals surface area contributed by atoms with Gasteiger partial charge < -0.3 is 4.90 Å². The molecule has 2 aliphatic rings. The number of amides is 2. The number of rotatable bonds is 2. The number of aryl methyl sites for hydroxylation is 2. The van der Waals surface area contributed by atoms with E-state index in [2.05, 4.69) is 10.2 Å². The largest absolute Gasteiger partial charge is 0.330 e. The molecule has 1 fully saturated rings. The lowest BCUT2D eigenvalue weighted by Crippen LogP contribution is -2.40. The normalized spacial score (nSPS) is 21.8. The van der Waals surface area contributed by atoms with Crippen molar-refractivity contribution in [3.63, 3.8) is 0 Å². The highest BCUT2D eigenvalue weighted by Crippen LogP contribution is 2.37. The summed E-state index contributed by atoms with van der Waals surface area (Å²) in [5.74, 6) is -0.170. The van der Waals surface area contributed by atoms with Gasteiger partial charge in [-0.05, 0) is 19.8 Å². The van der Waals surface area contributed by atoms with Crippen LogP contribution in [0.5, 0.6) is 0 Å². The van der Waals surface area contributed by atoms with Gasteiger partial charge in [-0.3, -0.25) is 14.3 Å². The van der Waals surface area contributed by atoms with E-state index < -0.39 is 0 Å². The van der Waals surface area contributed by atoms with Crippen LogP contribution in [0.4, 0.5) is 0 Å². The van der Waals surface area contributed by atoms with Gasteiger partial charge in [0, 0.05) is 39.0 Å². The Labute approximate surface area is 139 Å². The van der Waals surface area contributed by atoms with E-state index in [9.17, 15) is 9.59 Å². The maximum atomic E-state index is 12.9. The van der Waals surface area contributed by atoms with Gasteiger partial charge in [0.1, 0.15) is 10.9 Å². The van der Waals surface area contributed by atoms with Gasteiger partial charge in [0.15, 0.2) is 0 Å². The second-order valence-corrected chi connectivity index (χ2v) is 6.39. The molecule has 0 aromatic carbocycles. The lowest BCUT2D eigenvalue weighted by molar-refractivity contribution is -0.130. The maximum Gasteiger partial charge on any atom is 0.270 e. The van der Waals surface area contributed by atoms with Crippen molar-refractivity contribution in [3.05, 3.63) is 16.4 Å². The number of halogens is 1. The van der Waals surface area contributed by atoms with Crippen molar-refractivity contribution in [3.8, 4) is 0 Å². The van der Waals surface area contributed by atoms with Crippen LogP contribution in [0.1, 0.15) is 43.0 Å². The van der Waals surface area contributed by atoms with Crippen LogP contribution in [-0.2, 0) is 16.6 Å². The molecule has 1 aromatic heterocycles. The fourth-order valence-corrected chi connectivity index (χ4v) is 3.62. The van der Waals surface area contributed by atoms with Gasteiger partial charge in [-0.1, -0.05) is 11.6 Å². The fourth-order valence-electron chi connectivity index (χ4n) is 3.32. The SMILES string of the molecule is Cc1nn(C)c(Cl)c1C1CCCN1C(=O)C1=NN(C)C(=O)CC1. The lowest BCUT2D eigenvalue weighted by atomic mass is 10.0. The molecule has 0 N–H and O–H groups in total. The molecule has 0 radical (unpaired) electrons. The number of hydrazone groups is 1. The molecule has 0 bridgehead atoms. The van der Waals surface area contributed by atoms with Crippen LogP contribution in [0.2, 0.25) is 5.15 Å². The minimum Gasteiger partial charge on any atom is -0.330 e. The van der Waals surface area contributed by atoms with Crippen LogP contribution in [0.15, 0.2) is 5.10 Å². The molecular weight excluding hydrogens is 318 g/mol. The van der Waals surface area contributed by atoms with Crippen molar-refractivity contribution in [2.45, 2.75) is 38.6 Å². The molecule has 1 saturated heterocycles. The first-order chi connectivity index (χ1) is 10.9. The number of carbonyl (C=O) groups is 2. The molecular formula is C15H20ClN5O2. The first-order valence-corrected chi connectivity index (χ1v) is 8.12. The number of likely N-dealkylation sites (tertiary alicyclic amines) is 1. The maximum absolute atomic E-state index is 12.9. The molecule has 3 heterocycles. The highest BCUT2D eigenvalue weighted by Gasteiger charge is 2.36. The van der Waals surface area contributed by atoms with Gasteiger partial charge in [-0.15, -0.1) is 0 Å². The molecule has 3 rings (SSSR count). The molecule has 1 unspecified atom stereocenters. The average Bonchev–Trinajstić information content (AvgIpc) is 3.06. The lowest BCUT2D eigenvalue weighted by Gasteiger charge is -2.27. The van der Waals surface area contributed by atoms with E-state index in [-0.39, 0.29) is 17.9 Å². The van der Waals surface area contributed by atoms with Crippen LogP contribution in [0.25, 0.3) is 0 Å². The van der Waals surface area contributed by atoms with Crippen molar-refractivity contribution < 1.29 is 9.59 Å². The van der Waals surface area contributed by atoms with E-state index in [0.29, 0.717) is 30.3 Å². The molecule has 1 aromatic rings. The molecule has 1 atom stereocenters. The van der Waals surface area contributed by atoms with Crippen LogP contribution in [0.3, 0.4) is 0 Å². The van der Waals surface area contributed by atoms with Gasteiger partial charge >= 0.3 is 0 Å². The molecule has 7 nitrogen and oxygen atoms in total. The third kappa shape index (κ3) is 2.73. The molecule has 2 aliphatic heterocycles. The topological polar surface area (TPSA) is 70.8 Å². The predicted octanol–water partition coefficient (Wildman–Crippen LogP) is 1.65. The summed E-state index contributed by atoms with van der Waals surface area (Å²) in [6.45, 7) is 2.58. The van der Waals surface area contributed by atoms with Gasteiger partial charge in [0.05, 0.1) is 11.7 Å². The van der Waals surface area contributed by atoms with Gasteiger partial charge in [0.25, 0.3) is 5.91 Å². The first kappa shape index (κ1) is 16.0. The van der Waals surface area contributed by atoms with E-state index in [1.54, 1.807) is 18.8 Å². The van der Waals surface area contributed by atoms with Crippen LogP contribution < -0.4 is 0 Å². The molecule has 8 heteroatoms. The standard InChI is InChI=1S/C15H20ClN5O2/c1-9-13(14(16)20(3)17-9)11-5-4-8-21(11)15(23)10-6-7-12(22)19(2)18-10/h11H,4-8H2,1-3H3. The summed E-state index contributed by atoms with van der Waals surface area (Å²) in [6.07, 6.45) is 2.50. The Morgan fingerprint density at radius 1 is 1.30 bits per heavy atom. The Morgan fingerprint density at radius 3 is 2.65 bits per heavy atom. The Hall–Kier alpha value is -1.89. The second-order valence-electron chi connectivity index (χ2n) is 6.03. The monoisotopic (exact) mass is 337 g/mol. The highest BCUT2D eigenvalue weighted by molar-refractivity contribution is 6.39. The first-order valence-electron chi connectivity index (χ1n) is 7.74. The summed E-state index contributed by atoms with van der Waals surface area (Å²) in [7, 11) is 3.38. The Kier molecular flexibility index (Phi) is 4.14. The van der Waals surface area contributed by atoms with Crippen LogP contribution >= 0.6 is 11.6 Å². The van der Waals surface area contributed by atoms with E-state index >= 15 is 0 Å². The zero-order valence-electron chi connectivity index (χ0n) is 13.5. The average molecular weight is 338 g/mol. The van der Waals surface area contributed by atoms with Crippen molar-refractivity contribution in [2.75, 3.05) is 13.6 Å².